The van der Waals surface area contributed by atoms with E-state index in [-0.39, 0.29) is 24.0 Å². The zero-order valence-corrected chi connectivity index (χ0v) is 42.5. The summed E-state index contributed by atoms with van der Waals surface area (Å²) in [6, 6.07) is 15.6. The van der Waals surface area contributed by atoms with Gasteiger partial charge in [-0.3, -0.25) is 0 Å². The Morgan fingerprint density at radius 1 is 0.708 bits per heavy atom. The lowest BCUT2D eigenvalue weighted by Crippen LogP contribution is -2.50. The first-order valence-corrected chi connectivity index (χ1v) is 23.7. The van der Waals surface area contributed by atoms with Crippen molar-refractivity contribution in [2.45, 2.75) is 129 Å². The Morgan fingerprint density at radius 2 is 1.12 bits per heavy atom. The highest BCUT2D eigenvalue weighted by Crippen LogP contribution is 2.45. The number of methoxy groups -OCH3 is 2. The molecule has 17 heteroatoms. The van der Waals surface area contributed by atoms with E-state index in [1.165, 1.54) is 14.2 Å². The van der Waals surface area contributed by atoms with Crippen molar-refractivity contribution < 1.29 is 47.6 Å². The second-order valence-corrected chi connectivity index (χ2v) is 19.4. The van der Waals surface area contributed by atoms with Gasteiger partial charge in [-0.25, -0.2) is 19.2 Å². The predicted molar refractivity (Wildman–Crippen MR) is 257 cm³/mol. The number of ether oxygens (including phenoxy) is 6. The van der Waals surface area contributed by atoms with Crippen molar-refractivity contribution in [2.75, 3.05) is 66.7 Å². The second-order valence-electron chi connectivity index (χ2n) is 18.2. The van der Waals surface area contributed by atoms with Crippen molar-refractivity contribution >= 4 is 58.5 Å². The van der Waals surface area contributed by atoms with Gasteiger partial charge in [0.2, 0.25) is 0 Å². The van der Waals surface area contributed by atoms with Crippen LogP contribution in [0.2, 0.25) is 10.0 Å². The highest BCUT2D eigenvalue weighted by Gasteiger charge is 2.45. The molecule has 65 heavy (non-hydrogen) atoms. The average molecular weight is 975 g/mol. The van der Waals surface area contributed by atoms with Crippen LogP contribution in [0.15, 0.2) is 48.5 Å². The Kier molecular flexibility index (Phi) is 24.8. The topological polar surface area (TPSA) is 168 Å². The molecule has 2 aliphatic heterocycles. The van der Waals surface area contributed by atoms with Gasteiger partial charge >= 0.3 is 23.7 Å². The molecule has 4 rings (SSSR count). The van der Waals surface area contributed by atoms with Crippen LogP contribution >= 0.6 is 34.8 Å². The third-order valence-corrected chi connectivity index (χ3v) is 11.5. The number of rotatable bonds is 15. The number of amides is 3. The maximum atomic E-state index is 12.8. The minimum atomic E-state index is -0.773. The van der Waals surface area contributed by atoms with E-state index < -0.39 is 33.9 Å². The zero-order chi connectivity index (χ0) is 48.8. The van der Waals surface area contributed by atoms with E-state index in [0.717, 1.165) is 62.5 Å². The fraction of sp³-hybridized carbons (Fsp3) is 0.667. The average Bonchev–Trinajstić information content (AvgIpc) is 3.25. The van der Waals surface area contributed by atoms with Gasteiger partial charge in [0.1, 0.15) is 11.2 Å². The van der Waals surface area contributed by atoms with Gasteiger partial charge in [0, 0.05) is 72.8 Å². The van der Waals surface area contributed by atoms with Crippen LogP contribution in [0.3, 0.4) is 0 Å². The SMILES string of the molecule is CCC[C@](OCCN)(c1cccc(Cl)c1)[C@@H]1CCCN(C(=O)OC(C)(C)C)C1.CCC[C@](OCCNC(=O)OC)(c1cccc(Cl)c1)[C@@H]1CCCN(C(=O)OC(C)(C)C)C1.COC(=O)Cl. The number of carbonyl (C=O) groups excluding carboxylic acids is 4. The number of nitrogens with one attached hydrogen (secondary N) is 1. The van der Waals surface area contributed by atoms with Crippen LogP contribution in [0, 0.1) is 11.8 Å². The maximum absolute atomic E-state index is 12.8. The van der Waals surface area contributed by atoms with Crippen LogP contribution in [-0.4, -0.2) is 111 Å². The zero-order valence-electron chi connectivity index (χ0n) is 40.3. The highest BCUT2D eigenvalue weighted by atomic mass is 35.5. The normalized spacial score (nSPS) is 18.2. The lowest BCUT2D eigenvalue weighted by Gasteiger charge is -2.46. The number of likely N-dealkylation sites (tertiary alicyclic amines) is 2. The minimum absolute atomic E-state index is 0.0558. The van der Waals surface area contributed by atoms with Crippen LogP contribution in [0.1, 0.15) is 118 Å². The van der Waals surface area contributed by atoms with Gasteiger partial charge in [-0.1, -0.05) is 74.2 Å². The number of hydrogen-bond acceptors (Lipinski definition) is 11. The monoisotopic (exact) mass is 972 g/mol. The number of halogens is 3. The maximum Gasteiger partial charge on any atom is 0.410 e. The summed E-state index contributed by atoms with van der Waals surface area (Å²) in [5.41, 5.74) is 4.84. The van der Waals surface area contributed by atoms with Gasteiger partial charge < -0.3 is 49.3 Å². The van der Waals surface area contributed by atoms with E-state index >= 15 is 0 Å². The first-order valence-electron chi connectivity index (χ1n) is 22.6. The van der Waals surface area contributed by atoms with Crippen LogP contribution in [0.4, 0.5) is 19.2 Å². The van der Waals surface area contributed by atoms with Crippen molar-refractivity contribution in [1.82, 2.24) is 15.1 Å². The summed E-state index contributed by atoms with van der Waals surface area (Å²) in [5, 5.41) is 4.00. The molecule has 368 valence electrons. The summed E-state index contributed by atoms with van der Waals surface area (Å²) in [6.07, 6.45) is 6.08. The summed E-state index contributed by atoms with van der Waals surface area (Å²) in [4.78, 5) is 49.9. The molecule has 3 N–H and O–H groups in total. The van der Waals surface area contributed by atoms with Crippen LogP contribution in [0.25, 0.3) is 0 Å². The van der Waals surface area contributed by atoms with Crippen molar-refractivity contribution in [3.63, 3.8) is 0 Å². The molecule has 0 unspecified atom stereocenters. The van der Waals surface area contributed by atoms with E-state index in [1.807, 2.05) is 88.9 Å². The van der Waals surface area contributed by atoms with Gasteiger partial charge in [0.25, 0.3) is 0 Å². The van der Waals surface area contributed by atoms with Gasteiger partial charge in [-0.05, 0) is 115 Å². The van der Waals surface area contributed by atoms with Crippen molar-refractivity contribution in [3.05, 3.63) is 69.7 Å². The van der Waals surface area contributed by atoms with Crippen LogP contribution in [0.5, 0.6) is 0 Å². The largest absolute Gasteiger partial charge is 0.457 e. The molecule has 2 fully saturated rings. The molecule has 0 aliphatic carbocycles. The number of hydrogen-bond donors (Lipinski definition) is 2. The van der Waals surface area contributed by atoms with Crippen LogP contribution < -0.4 is 11.1 Å². The van der Waals surface area contributed by atoms with E-state index in [4.69, 9.17) is 47.9 Å². The Balaban J connectivity index is 0.000000407. The number of piperidine rings is 2. The van der Waals surface area contributed by atoms with Gasteiger partial charge in [0.05, 0.1) is 38.6 Å². The molecule has 4 atom stereocenters. The van der Waals surface area contributed by atoms with Gasteiger partial charge in [-0.15, -0.1) is 0 Å². The summed E-state index contributed by atoms with van der Waals surface area (Å²) in [7, 11) is 2.55. The molecule has 2 aromatic carbocycles. The van der Waals surface area contributed by atoms with Crippen molar-refractivity contribution in [3.8, 4) is 0 Å². The van der Waals surface area contributed by atoms with Crippen molar-refractivity contribution in [1.29, 1.82) is 0 Å². The third-order valence-electron chi connectivity index (χ3n) is 10.9. The summed E-state index contributed by atoms with van der Waals surface area (Å²) >= 11 is 17.3. The van der Waals surface area contributed by atoms with Crippen molar-refractivity contribution in [2.24, 2.45) is 17.6 Å². The molecule has 0 aromatic heterocycles. The van der Waals surface area contributed by atoms with E-state index in [0.29, 0.717) is 62.5 Å². The molecule has 3 amide bonds. The predicted octanol–water partition coefficient (Wildman–Crippen LogP) is 11.3. The lowest BCUT2D eigenvalue weighted by atomic mass is 9.74. The number of nitrogens with two attached hydrogens (primary N) is 1. The number of benzene rings is 2. The highest BCUT2D eigenvalue weighted by molar-refractivity contribution is 6.61. The molecule has 2 aliphatic rings. The standard InChI is InChI=1S/C24H37ClN2O5.C22H35ClN2O3.C2H3ClO2/c1-6-12-24(18-9-7-11-20(25)16-18,31-15-13-26-21(28)30-5)19-10-8-14-27(17-19)22(29)32-23(2,3)4;1-5-11-22(27-14-12-24,17-8-6-10-19(23)15-17)18-9-7-13-25(16-18)20(26)28-21(2,3)4;1-5-2(3)4/h7,9,11,16,19H,6,8,10,12-15,17H2,1-5H3,(H,26,28);6,8,10,15,18H,5,7,9,11-14,16,24H2,1-4H3;1H3/t19-,24+;18-,22+;/m11./s1. The van der Waals surface area contributed by atoms with E-state index in [1.54, 1.807) is 4.90 Å². The Hall–Kier alpha value is -3.53. The molecule has 14 nitrogen and oxygen atoms in total. The summed E-state index contributed by atoms with van der Waals surface area (Å²) < 4.78 is 32.8. The quantitative estimate of drug-likeness (QED) is 0.0990. The third kappa shape index (κ3) is 19.3. The Labute approximate surface area is 402 Å². The molecule has 0 radical (unpaired) electrons. The molecule has 0 saturated carbocycles. The molecular weight excluding hydrogens is 899 g/mol. The minimum Gasteiger partial charge on any atom is -0.457 e. The first-order chi connectivity index (χ1) is 30.6. The van der Waals surface area contributed by atoms with E-state index in [2.05, 4.69) is 46.3 Å². The lowest BCUT2D eigenvalue weighted by molar-refractivity contribution is -0.115. The molecule has 0 spiro atoms. The Bertz CT molecular complexity index is 1780. The first kappa shape index (κ1) is 57.6. The van der Waals surface area contributed by atoms with E-state index in [9.17, 15) is 19.2 Å². The fourth-order valence-corrected chi connectivity index (χ4v) is 8.74. The smallest absolute Gasteiger partial charge is 0.410 e. The molecule has 0 bridgehead atoms. The number of nitrogens with zero attached hydrogens (tertiary/aromatic N) is 2. The number of alkyl carbamates (subject to hydrolysis) is 1. The van der Waals surface area contributed by atoms with Crippen LogP contribution in [-0.2, 0) is 39.6 Å². The summed E-state index contributed by atoms with van der Waals surface area (Å²) in [5.74, 6) is 0.207. The van der Waals surface area contributed by atoms with Gasteiger partial charge in [-0.2, -0.15) is 0 Å². The number of carbonyl (C=O) groups is 4. The molecule has 2 heterocycles. The fourth-order valence-electron chi connectivity index (χ4n) is 8.36. The van der Waals surface area contributed by atoms with Gasteiger partial charge in [0.15, 0.2) is 0 Å². The molecular formula is C48H75Cl3N4O10. The second kappa shape index (κ2) is 28.0. The molecule has 2 saturated heterocycles. The summed E-state index contributed by atoms with van der Waals surface area (Å²) in [6.45, 7) is 19.6. The Morgan fingerprint density at radius 3 is 1.46 bits per heavy atom. The molecule has 2 aromatic rings.